The van der Waals surface area contributed by atoms with Gasteiger partial charge in [-0.1, -0.05) is 117 Å². The molecule has 0 aromatic heterocycles. The van der Waals surface area contributed by atoms with Gasteiger partial charge in [-0.15, -0.1) is 0 Å². The van der Waals surface area contributed by atoms with Crippen LogP contribution in [0.4, 0.5) is 4.79 Å². The van der Waals surface area contributed by atoms with Gasteiger partial charge >= 0.3 is 5.30 Å². The minimum absolute atomic E-state index is 0.0243. The van der Waals surface area contributed by atoms with Crippen molar-refractivity contribution in [2.75, 3.05) is 6.61 Å². The number of carbonyl (C=O) groups excluding carboxylic acids is 1. The fourth-order valence-electron chi connectivity index (χ4n) is 10.3. The number of thioether (sulfide) groups is 1. The van der Waals surface area contributed by atoms with Crippen molar-refractivity contribution in [1.82, 2.24) is 0 Å². The summed E-state index contributed by atoms with van der Waals surface area (Å²) in [6, 6.07) is 0. The number of fused-ring (bicyclic) bond motifs is 5. The second-order valence-electron chi connectivity index (χ2n) is 15.8. The first-order chi connectivity index (χ1) is 19.7. The average molecular weight is 587 g/mol. The molecule has 0 heterocycles. The van der Waals surface area contributed by atoms with Crippen molar-refractivity contribution in [3.8, 4) is 0 Å². The molecule has 4 aliphatic carbocycles. The quantitative estimate of drug-likeness (QED) is 0.108. The van der Waals surface area contributed by atoms with E-state index in [4.69, 9.17) is 4.74 Å². The Morgan fingerprint density at radius 1 is 0.902 bits per heavy atom. The zero-order valence-corrected chi connectivity index (χ0v) is 28.8. The third-order valence-electron chi connectivity index (χ3n) is 12.7. The van der Waals surface area contributed by atoms with E-state index in [1.54, 1.807) is 5.57 Å². The third-order valence-corrected chi connectivity index (χ3v) is 13.8. The molecule has 2 nitrogen and oxygen atoms in total. The number of hydrogen-bond donors (Lipinski definition) is 0. The van der Waals surface area contributed by atoms with Crippen LogP contribution in [0, 0.1) is 46.3 Å². The maximum atomic E-state index is 12.7. The van der Waals surface area contributed by atoms with Crippen molar-refractivity contribution < 1.29 is 9.53 Å². The molecule has 3 fully saturated rings. The third kappa shape index (κ3) is 8.19. The highest BCUT2D eigenvalue weighted by molar-refractivity contribution is 8.13. The lowest BCUT2D eigenvalue weighted by Crippen LogP contribution is -2.50. The number of hydrogen-bond acceptors (Lipinski definition) is 3. The molecule has 3 saturated carbocycles. The molecule has 4 rings (SSSR count). The van der Waals surface area contributed by atoms with Crippen LogP contribution in [0.2, 0.25) is 0 Å². The summed E-state index contributed by atoms with van der Waals surface area (Å²) in [6.45, 7) is 15.5. The number of ether oxygens (including phenoxy) is 1. The molecule has 0 saturated heterocycles. The number of carbonyl (C=O) groups is 1. The van der Waals surface area contributed by atoms with E-state index in [0.29, 0.717) is 22.7 Å². The number of allylic oxidation sites excluding steroid dienone is 2. The second kappa shape index (κ2) is 15.5. The molecule has 0 aliphatic heterocycles. The van der Waals surface area contributed by atoms with Crippen LogP contribution in [0.25, 0.3) is 0 Å². The van der Waals surface area contributed by atoms with Gasteiger partial charge in [0.1, 0.15) is 0 Å². The molecule has 0 spiro atoms. The van der Waals surface area contributed by atoms with Crippen molar-refractivity contribution in [2.24, 2.45) is 46.3 Å². The zero-order valence-electron chi connectivity index (χ0n) is 28.0. The molecule has 0 bridgehead atoms. The van der Waals surface area contributed by atoms with E-state index in [0.717, 1.165) is 48.3 Å². The molecule has 236 valence electrons. The molecule has 0 N–H and O–H groups in total. The van der Waals surface area contributed by atoms with E-state index in [9.17, 15) is 4.79 Å². The van der Waals surface area contributed by atoms with Crippen molar-refractivity contribution in [3.05, 3.63) is 11.6 Å². The highest BCUT2D eigenvalue weighted by Gasteiger charge is 2.59. The molecule has 0 amide bonds. The van der Waals surface area contributed by atoms with Crippen LogP contribution < -0.4 is 0 Å². The SMILES string of the molecule is CCCCCCCCCCOC(=O)S[C@H]1CC[C@@]2(C)C(=CC[C@H]3[C@H]4CC[C@H]([C@@H](C)CCCC(C)C)[C@@]4(C)CC[C@H]32)C1. The maximum absolute atomic E-state index is 12.7. The van der Waals surface area contributed by atoms with E-state index in [-0.39, 0.29) is 5.30 Å². The highest BCUT2D eigenvalue weighted by atomic mass is 32.2. The van der Waals surface area contributed by atoms with Gasteiger partial charge in [0.05, 0.1) is 6.61 Å². The van der Waals surface area contributed by atoms with Gasteiger partial charge in [-0.05, 0) is 116 Å². The van der Waals surface area contributed by atoms with Crippen LogP contribution in [0.5, 0.6) is 0 Å². The van der Waals surface area contributed by atoms with Crippen LogP contribution in [-0.2, 0) is 4.74 Å². The van der Waals surface area contributed by atoms with Crippen LogP contribution in [0.1, 0.15) is 164 Å². The van der Waals surface area contributed by atoms with Gasteiger partial charge in [0, 0.05) is 5.25 Å². The van der Waals surface area contributed by atoms with E-state index < -0.39 is 0 Å². The normalized spacial score (nSPS) is 35.4. The van der Waals surface area contributed by atoms with Gasteiger partial charge in [0.15, 0.2) is 0 Å². The first-order valence-corrected chi connectivity index (χ1v) is 19.1. The maximum Gasteiger partial charge on any atom is 0.367 e. The lowest BCUT2D eigenvalue weighted by atomic mass is 9.47. The van der Waals surface area contributed by atoms with Crippen molar-refractivity contribution in [2.45, 2.75) is 169 Å². The minimum Gasteiger partial charge on any atom is -0.458 e. The summed E-state index contributed by atoms with van der Waals surface area (Å²) in [5.74, 6) is 5.32. The first-order valence-electron chi connectivity index (χ1n) is 18.2. The number of unbranched alkanes of at least 4 members (excludes halogenated alkanes) is 7. The van der Waals surface area contributed by atoms with E-state index in [1.807, 2.05) is 0 Å². The highest BCUT2D eigenvalue weighted by Crippen LogP contribution is 2.67. The van der Waals surface area contributed by atoms with Gasteiger partial charge in [0.2, 0.25) is 0 Å². The predicted molar refractivity (Wildman–Crippen MR) is 178 cm³/mol. The van der Waals surface area contributed by atoms with Gasteiger partial charge in [-0.2, -0.15) is 0 Å². The standard InChI is InChI=1S/C38H66O2S/c1-7-8-9-10-11-12-13-14-26-40-36(39)41-31-22-24-37(5)30(27-31)18-19-32-34-21-20-33(29(4)17-15-16-28(2)3)38(34,6)25-23-35(32)37/h18,28-29,31-35H,7-17,19-27H2,1-6H3/t29-,31-,32-,33+,34+,35+,37-,38+/m0/s1. The molecular weight excluding hydrogens is 520 g/mol. The summed E-state index contributed by atoms with van der Waals surface area (Å²) in [6.07, 6.45) is 27.8. The summed E-state index contributed by atoms with van der Waals surface area (Å²) in [7, 11) is 0. The number of rotatable bonds is 15. The van der Waals surface area contributed by atoms with Crippen molar-refractivity contribution >= 4 is 17.1 Å². The van der Waals surface area contributed by atoms with E-state index >= 15 is 0 Å². The van der Waals surface area contributed by atoms with Gasteiger partial charge in [0.25, 0.3) is 0 Å². The molecule has 0 radical (unpaired) electrons. The van der Waals surface area contributed by atoms with Crippen LogP contribution in [0.3, 0.4) is 0 Å². The Hall–Kier alpha value is -0.440. The Balaban J connectivity index is 1.24. The van der Waals surface area contributed by atoms with Crippen LogP contribution >= 0.6 is 11.8 Å². The van der Waals surface area contributed by atoms with Gasteiger partial charge < -0.3 is 4.74 Å². The molecule has 0 aromatic rings. The topological polar surface area (TPSA) is 26.3 Å². The largest absolute Gasteiger partial charge is 0.458 e. The van der Waals surface area contributed by atoms with Crippen molar-refractivity contribution in [3.63, 3.8) is 0 Å². The van der Waals surface area contributed by atoms with E-state index in [2.05, 4.69) is 47.6 Å². The van der Waals surface area contributed by atoms with Gasteiger partial charge in [-0.3, -0.25) is 0 Å². The fraction of sp³-hybridized carbons (Fsp3) is 0.921. The average Bonchev–Trinajstić information content (AvgIpc) is 3.29. The summed E-state index contributed by atoms with van der Waals surface area (Å²) in [4.78, 5) is 12.7. The summed E-state index contributed by atoms with van der Waals surface area (Å²) in [5, 5.41) is 0.386. The lowest BCUT2D eigenvalue weighted by Gasteiger charge is -2.58. The smallest absolute Gasteiger partial charge is 0.367 e. The predicted octanol–water partition coefficient (Wildman–Crippen LogP) is 12.4. The molecule has 41 heavy (non-hydrogen) atoms. The molecule has 0 unspecified atom stereocenters. The molecular formula is C38H66O2S. The molecule has 4 aliphatic rings. The first kappa shape index (κ1) is 33.5. The monoisotopic (exact) mass is 586 g/mol. The molecule has 0 aromatic carbocycles. The molecule has 8 atom stereocenters. The lowest BCUT2D eigenvalue weighted by molar-refractivity contribution is -0.0497. The Morgan fingerprint density at radius 3 is 2.37 bits per heavy atom. The van der Waals surface area contributed by atoms with Crippen molar-refractivity contribution in [1.29, 1.82) is 0 Å². The summed E-state index contributed by atoms with van der Waals surface area (Å²) in [5.41, 5.74) is 2.62. The Kier molecular flexibility index (Phi) is 12.7. The van der Waals surface area contributed by atoms with Crippen LogP contribution in [-0.4, -0.2) is 17.2 Å². The van der Waals surface area contributed by atoms with Crippen LogP contribution in [0.15, 0.2) is 11.6 Å². The molecule has 3 heteroatoms. The summed E-state index contributed by atoms with van der Waals surface area (Å²) < 4.78 is 5.67. The zero-order chi connectivity index (χ0) is 29.5. The summed E-state index contributed by atoms with van der Waals surface area (Å²) >= 11 is 1.51. The Labute approximate surface area is 259 Å². The minimum atomic E-state index is -0.0243. The van der Waals surface area contributed by atoms with Gasteiger partial charge in [-0.25, -0.2) is 4.79 Å². The van der Waals surface area contributed by atoms with E-state index in [1.165, 1.54) is 121 Å². The Morgan fingerprint density at radius 2 is 1.63 bits per heavy atom. The fourth-order valence-corrected chi connectivity index (χ4v) is 11.2. The Bertz CT molecular complexity index is 849. The second-order valence-corrected chi connectivity index (χ2v) is 17.1.